The Kier molecular flexibility index (Phi) is 10.2. The number of nitrogens with zero attached hydrogens (tertiary/aromatic N) is 3. The van der Waals surface area contributed by atoms with Crippen LogP contribution in [0, 0.1) is 58.2 Å². The van der Waals surface area contributed by atoms with Gasteiger partial charge in [0, 0.05) is 70.2 Å². The molecule has 4 heterocycles. The second-order valence-electron chi connectivity index (χ2n) is 20.2. The quantitative estimate of drug-likeness (QED) is 0.315. The van der Waals surface area contributed by atoms with Gasteiger partial charge in [0.2, 0.25) is 11.8 Å². The molecule has 1 spiro atoms. The molecule has 51 heavy (non-hydrogen) atoms. The summed E-state index contributed by atoms with van der Waals surface area (Å²) in [6.45, 7) is 22.9. The van der Waals surface area contributed by atoms with Crippen LogP contribution in [-0.2, 0) is 19.1 Å². The zero-order valence-corrected chi connectivity index (χ0v) is 33.2. The van der Waals surface area contributed by atoms with E-state index in [0.29, 0.717) is 46.6 Å². The number of hydrogen-bond acceptors (Lipinski definition) is 6. The number of piperazine rings is 1. The first kappa shape index (κ1) is 36.7. The fraction of sp³-hybridized carbons (Fsp3) is 0.953. The van der Waals surface area contributed by atoms with E-state index in [9.17, 15) is 9.59 Å². The summed E-state index contributed by atoms with van der Waals surface area (Å²) < 4.78 is 13.6. The van der Waals surface area contributed by atoms with Gasteiger partial charge in [-0.3, -0.25) is 14.5 Å². The molecule has 1 N–H and O–H groups in total. The van der Waals surface area contributed by atoms with Crippen molar-refractivity contribution >= 4 is 11.8 Å². The highest BCUT2D eigenvalue weighted by molar-refractivity contribution is 5.97. The topological polar surface area (TPSA) is 74.4 Å². The molecule has 0 radical (unpaired) electrons. The molecule has 0 aromatic heterocycles. The number of ether oxygens (including phenoxy) is 2. The molecule has 4 saturated carbocycles. The predicted molar refractivity (Wildman–Crippen MR) is 201 cm³/mol. The van der Waals surface area contributed by atoms with Gasteiger partial charge in [-0.15, -0.1) is 0 Å². The Morgan fingerprint density at radius 1 is 0.824 bits per heavy atom. The SMILES string of the molecule is CC(C)CN1CCN(C2CCN(C(=O)CC(=O)N[C@@H]3CC[C@]4(C)C5CC[C@]6(C)[C@@H]7[C@H](C[C@H]6[C@@H]5CC[C@@H]4C3)O[C@]3(CC[C@H](C)CO3)[C@H]7C)CC2)CC1. The molecule has 0 aromatic carbocycles. The van der Waals surface area contributed by atoms with Crippen molar-refractivity contribution in [2.75, 3.05) is 52.4 Å². The second-order valence-corrected chi connectivity index (χ2v) is 20.2. The van der Waals surface area contributed by atoms with Crippen molar-refractivity contribution in [1.82, 2.24) is 20.0 Å². The van der Waals surface area contributed by atoms with Crippen molar-refractivity contribution in [2.45, 2.75) is 149 Å². The zero-order valence-electron chi connectivity index (χ0n) is 33.2. The lowest BCUT2D eigenvalue weighted by atomic mass is 9.44. The van der Waals surface area contributed by atoms with Crippen molar-refractivity contribution in [3.8, 4) is 0 Å². The fourth-order valence-electron chi connectivity index (χ4n) is 14.2. The highest BCUT2D eigenvalue weighted by atomic mass is 16.7. The number of amides is 2. The molecule has 288 valence electrons. The standard InChI is InChI=1S/C43H72N4O4/c1-28(2)26-45-19-21-46(22-20-45)33-12-17-47(18-13-33)39(49)25-38(48)44-32-10-14-41(5)31(23-32)7-8-34-35(41)11-15-42(6)36(34)24-37-40(42)30(4)43(51-37)16-9-29(3)27-50-43/h28-37,40H,7-27H2,1-6H3,(H,44,48)/t29-,30-,31+,32+,34+,35?,36-,37-,40-,41-,42-,43+/m0/s1. The molecule has 0 aromatic rings. The number of carbonyl (C=O) groups excluding carboxylic acids is 2. The number of fused-ring (bicyclic) bond motifs is 7. The van der Waals surface area contributed by atoms with Crippen LogP contribution in [0.5, 0.6) is 0 Å². The van der Waals surface area contributed by atoms with Crippen molar-refractivity contribution in [3.63, 3.8) is 0 Å². The van der Waals surface area contributed by atoms with Crippen LogP contribution in [-0.4, -0.2) is 103 Å². The third-order valence-electron chi connectivity index (χ3n) is 17.0. The second kappa shape index (κ2) is 14.1. The van der Waals surface area contributed by atoms with Gasteiger partial charge >= 0.3 is 0 Å². The molecule has 8 rings (SSSR count). The molecule has 1 unspecified atom stereocenters. The molecule has 8 heteroatoms. The molecule has 8 aliphatic rings. The van der Waals surface area contributed by atoms with Gasteiger partial charge < -0.3 is 24.6 Å². The largest absolute Gasteiger partial charge is 0.353 e. The van der Waals surface area contributed by atoms with Crippen LogP contribution in [0.25, 0.3) is 0 Å². The Hall–Kier alpha value is -1.22. The van der Waals surface area contributed by atoms with Gasteiger partial charge in [0.05, 0.1) is 12.7 Å². The number of carbonyl (C=O) groups is 2. The number of piperidine rings is 1. The number of likely N-dealkylation sites (tertiary alicyclic amines) is 1. The number of rotatable bonds is 6. The van der Waals surface area contributed by atoms with Gasteiger partial charge in [0.15, 0.2) is 5.79 Å². The minimum atomic E-state index is -0.330. The monoisotopic (exact) mass is 709 g/mol. The minimum absolute atomic E-state index is 0.0100. The van der Waals surface area contributed by atoms with Crippen molar-refractivity contribution in [1.29, 1.82) is 0 Å². The maximum absolute atomic E-state index is 13.3. The van der Waals surface area contributed by atoms with Crippen LogP contribution in [0.4, 0.5) is 0 Å². The first-order chi connectivity index (χ1) is 24.4. The van der Waals surface area contributed by atoms with Gasteiger partial charge in [0.1, 0.15) is 6.42 Å². The van der Waals surface area contributed by atoms with Crippen molar-refractivity contribution in [2.24, 2.45) is 58.2 Å². The first-order valence-corrected chi connectivity index (χ1v) is 21.7. The summed E-state index contributed by atoms with van der Waals surface area (Å²) in [5.74, 6) is 5.12. The van der Waals surface area contributed by atoms with Crippen LogP contribution in [0.15, 0.2) is 0 Å². The van der Waals surface area contributed by atoms with E-state index in [2.05, 4.69) is 56.7 Å². The molecular weight excluding hydrogens is 636 g/mol. The third kappa shape index (κ3) is 6.64. The average molecular weight is 709 g/mol. The van der Waals surface area contributed by atoms with Crippen LogP contribution in [0.2, 0.25) is 0 Å². The van der Waals surface area contributed by atoms with Gasteiger partial charge in [-0.05, 0) is 123 Å². The van der Waals surface area contributed by atoms with Crippen LogP contribution < -0.4 is 5.32 Å². The molecule has 0 bridgehead atoms. The van der Waals surface area contributed by atoms with Crippen molar-refractivity contribution < 1.29 is 19.1 Å². The summed E-state index contributed by atoms with van der Waals surface area (Å²) in [7, 11) is 0. The first-order valence-electron chi connectivity index (χ1n) is 21.7. The highest BCUT2D eigenvalue weighted by Crippen LogP contribution is 2.71. The maximum atomic E-state index is 13.3. The molecule has 8 nitrogen and oxygen atoms in total. The lowest BCUT2D eigenvalue weighted by Crippen LogP contribution is -2.56. The summed E-state index contributed by atoms with van der Waals surface area (Å²) in [6, 6.07) is 0.787. The normalized spacial score (nSPS) is 46.4. The van der Waals surface area contributed by atoms with E-state index in [4.69, 9.17) is 9.47 Å². The third-order valence-corrected chi connectivity index (χ3v) is 17.0. The molecule has 2 amide bonds. The van der Waals surface area contributed by atoms with E-state index in [0.717, 1.165) is 102 Å². The van der Waals surface area contributed by atoms with E-state index in [1.165, 1.54) is 51.5 Å². The van der Waals surface area contributed by atoms with E-state index < -0.39 is 0 Å². The minimum Gasteiger partial charge on any atom is -0.353 e. The van der Waals surface area contributed by atoms with Gasteiger partial charge in [0.25, 0.3) is 0 Å². The average Bonchev–Trinajstić information content (AvgIpc) is 3.55. The summed E-state index contributed by atoms with van der Waals surface area (Å²) in [6.07, 6.45) is 14.6. The molecule has 4 saturated heterocycles. The van der Waals surface area contributed by atoms with Gasteiger partial charge in [-0.25, -0.2) is 0 Å². The Labute approximate surface area is 309 Å². The molecular formula is C43H72N4O4. The Balaban J connectivity index is 0.804. The van der Waals surface area contributed by atoms with Crippen LogP contribution in [0.1, 0.15) is 125 Å². The van der Waals surface area contributed by atoms with Crippen molar-refractivity contribution in [3.05, 3.63) is 0 Å². The van der Waals surface area contributed by atoms with Crippen LogP contribution in [0.3, 0.4) is 0 Å². The summed E-state index contributed by atoms with van der Waals surface area (Å²) in [5.41, 5.74) is 0.723. The Morgan fingerprint density at radius 3 is 2.27 bits per heavy atom. The van der Waals surface area contributed by atoms with E-state index in [1.807, 2.05) is 4.90 Å². The summed E-state index contributed by atoms with van der Waals surface area (Å²) in [4.78, 5) is 33.7. The number of hydrogen-bond donors (Lipinski definition) is 1. The smallest absolute Gasteiger partial charge is 0.232 e. The molecule has 12 atom stereocenters. The maximum Gasteiger partial charge on any atom is 0.232 e. The molecule has 8 fully saturated rings. The lowest BCUT2D eigenvalue weighted by Gasteiger charge is -2.61. The van der Waals surface area contributed by atoms with E-state index in [-0.39, 0.29) is 30.1 Å². The van der Waals surface area contributed by atoms with E-state index >= 15 is 0 Å². The van der Waals surface area contributed by atoms with Crippen LogP contribution >= 0.6 is 0 Å². The highest BCUT2D eigenvalue weighted by Gasteiger charge is 2.69. The Bertz CT molecular complexity index is 1270. The number of nitrogens with one attached hydrogen (secondary N) is 1. The zero-order chi connectivity index (χ0) is 35.7. The van der Waals surface area contributed by atoms with Gasteiger partial charge in [-0.2, -0.15) is 0 Å². The molecule has 4 aliphatic carbocycles. The fourth-order valence-corrected chi connectivity index (χ4v) is 14.2. The Morgan fingerprint density at radius 2 is 1.57 bits per heavy atom. The molecule has 4 aliphatic heterocycles. The summed E-state index contributed by atoms with van der Waals surface area (Å²) in [5, 5.41) is 3.37. The van der Waals surface area contributed by atoms with Gasteiger partial charge in [-0.1, -0.05) is 41.5 Å². The lowest BCUT2D eigenvalue weighted by molar-refractivity contribution is -0.273. The summed E-state index contributed by atoms with van der Waals surface area (Å²) >= 11 is 0. The van der Waals surface area contributed by atoms with E-state index in [1.54, 1.807) is 0 Å². The predicted octanol–water partition coefficient (Wildman–Crippen LogP) is 6.57.